The van der Waals surface area contributed by atoms with Crippen LogP contribution in [0.3, 0.4) is 0 Å². The molecule has 0 unspecified atom stereocenters. The summed E-state index contributed by atoms with van der Waals surface area (Å²) in [5.41, 5.74) is 4.36. The van der Waals surface area contributed by atoms with Crippen molar-refractivity contribution in [3.05, 3.63) is 93.4 Å². The summed E-state index contributed by atoms with van der Waals surface area (Å²) >= 11 is 0. The van der Waals surface area contributed by atoms with Gasteiger partial charge in [-0.25, -0.2) is 4.68 Å². The number of amides is 1. The SMILES string of the molecule is O=C(Nc1ccc2c(c1)CCC2)c1ccc(=O)n(Cc2ccccc2)n1. The molecule has 1 aromatic heterocycles. The highest BCUT2D eigenvalue weighted by atomic mass is 16.2. The molecule has 4 rings (SSSR count). The van der Waals surface area contributed by atoms with E-state index in [0.29, 0.717) is 6.54 Å². The molecule has 1 aliphatic rings. The monoisotopic (exact) mass is 345 g/mol. The summed E-state index contributed by atoms with van der Waals surface area (Å²) in [6.07, 6.45) is 3.33. The molecular formula is C21H19N3O2. The third-order valence-electron chi connectivity index (χ3n) is 4.63. The number of aromatic nitrogens is 2. The number of rotatable bonds is 4. The molecule has 0 saturated carbocycles. The second-order valence-corrected chi connectivity index (χ2v) is 6.49. The highest BCUT2D eigenvalue weighted by Crippen LogP contribution is 2.25. The Morgan fingerprint density at radius 3 is 2.65 bits per heavy atom. The Kier molecular flexibility index (Phi) is 4.35. The van der Waals surface area contributed by atoms with E-state index in [-0.39, 0.29) is 17.2 Å². The zero-order valence-electron chi connectivity index (χ0n) is 14.3. The molecule has 1 amide bonds. The average Bonchev–Trinajstić information content (AvgIpc) is 3.12. The van der Waals surface area contributed by atoms with Crippen LogP contribution in [0.25, 0.3) is 0 Å². The summed E-state index contributed by atoms with van der Waals surface area (Å²) in [5, 5.41) is 7.11. The Bertz CT molecular complexity index is 1010. The minimum atomic E-state index is -0.315. The fraction of sp³-hybridized carbons (Fsp3) is 0.190. The Hall–Kier alpha value is -3.21. The van der Waals surface area contributed by atoms with Gasteiger partial charge in [-0.2, -0.15) is 5.10 Å². The van der Waals surface area contributed by atoms with Crippen molar-refractivity contribution in [2.45, 2.75) is 25.8 Å². The van der Waals surface area contributed by atoms with Gasteiger partial charge < -0.3 is 5.32 Å². The first-order valence-corrected chi connectivity index (χ1v) is 8.74. The van der Waals surface area contributed by atoms with Crippen molar-refractivity contribution in [1.29, 1.82) is 0 Å². The smallest absolute Gasteiger partial charge is 0.276 e. The number of carbonyl (C=O) groups excluding carboxylic acids is 1. The molecule has 1 N–H and O–H groups in total. The van der Waals surface area contributed by atoms with E-state index in [1.807, 2.05) is 42.5 Å². The Labute approximate surface area is 151 Å². The number of carbonyl (C=O) groups is 1. The summed E-state index contributed by atoms with van der Waals surface area (Å²) in [4.78, 5) is 24.6. The quantitative estimate of drug-likeness (QED) is 0.790. The van der Waals surface area contributed by atoms with Gasteiger partial charge in [0, 0.05) is 11.8 Å². The second-order valence-electron chi connectivity index (χ2n) is 6.49. The third-order valence-corrected chi connectivity index (χ3v) is 4.63. The van der Waals surface area contributed by atoms with Gasteiger partial charge in [-0.05, 0) is 54.2 Å². The number of anilines is 1. The molecule has 5 heteroatoms. The number of nitrogens with one attached hydrogen (secondary N) is 1. The largest absolute Gasteiger partial charge is 0.321 e. The van der Waals surface area contributed by atoms with Crippen LogP contribution >= 0.6 is 0 Å². The van der Waals surface area contributed by atoms with E-state index in [1.54, 1.807) is 0 Å². The molecule has 3 aromatic rings. The van der Waals surface area contributed by atoms with Crippen molar-refractivity contribution in [3.8, 4) is 0 Å². The molecule has 0 radical (unpaired) electrons. The van der Waals surface area contributed by atoms with Crippen molar-refractivity contribution in [1.82, 2.24) is 9.78 Å². The molecular weight excluding hydrogens is 326 g/mol. The van der Waals surface area contributed by atoms with Crippen molar-refractivity contribution < 1.29 is 4.79 Å². The predicted molar refractivity (Wildman–Crippen MR) is 100 cm³/mol. The minimum absolute atomic E-state index is 0.223. The van der Waals surface area contributed by atoms with Crippen molar-refractivity contribution in [2.75, 3.05) is 5.32 Å². The van der Waals surface area contributed by atoms with Crippen molar-refractivity contribution >= 4 is 11.6 Å². The minimum Gasteiger partial charge on any atom is -0.321 e. The maximum absolute atomic E-state index is 12.5. The zero-order chi connectivity index (χ0) is 17.9. The van der Waals surface area contributed by atoms with Crippen LogP contribution in [0.5, 0.6) is 0 Å². The van der Waals surface area contributed by atoms with Crippen LogP contribution in [0.2, 0.25) is 0 Å². The van der Waals surface area contributed by atoms with Crippen molar-refractivity contribution in [3.63, 3.8) is 0 Å². The molecule has 0 atom stereocenters. The van der Waals surface area contributed by atoms with Gasteiger partial charge in [0.05, 0.1) is 6.54 Å². The summed E-state index contributed by atoms with van der Waals surface area (Å²) < 4.78 is 1.31. The summed E-state index contributed by atoms with van der Waals surface area (Å²) in [6, 6.07) is 18.4. The number of fused-ring (bicyclic) bond motifs is 1. The molecule has 0 spiro atoms. The molecule has 0 bridgehead atoms. The number of hydrogen-bond donors (Lipinski definition) is 1. The standard InChI is InChI=1S/C21H19N3O2/c25-20-12-11-19(23-24(20)14-15-5-2-1-3-6-15)21(26)22-18-10-9-16-7-4-8-17(16)13-18/h1-3,5-6,9-13H,4,7-8,14H2,(H,22,26). The van der Waals surface area contributed by atoms with Crippen LogP contribution in [-0.4, -0.2) is 15.7 Å². The lowest BCUT2D eigenvalue weighted by molar-refractivity contribution is 0.102. The molecule has 1 aliphatic carbocycles. The maximum atomic E-state index is 12.5. The van der Waals surface area contributed by atoms with Crippen LogP contribution < -0.4 is 10.9 Å². The van der Waals surface area contributed by atoms with E-state index in [4.69, 9.17) is 0 Å². The summed E-state index contributed by atoms with van der Waals surface area (Å²) in [6.45, 7) is 0.333. The van der Waals surface area contributed by atoms with Gasteiger partial charge in [-0.1, -0.05) is 36.4 Å². The van der Waals surface area contributed by atoms with E-state index in [1.165, 1.54) is 34.4 Å². The second kappa shape index (κ2) is 6.96. The topological polar surface area (TPSA) is 64.0 Å². The van der Waals surface area contributed by atoms with Gasteiger partial charge in [0.15, 0.2) is 0 Å². The van der Waals surface area contributed by atoms with E-state index < -0.39 is 0 Å². The van der Waals surface area contributed by atoms with Crippen molar-refractivity contribution in [2.24, 2.45) is 0 Å². The highest BCUT2D eigenvalue weighted by Gasteiger charge is 2.14. The predicted octanol–water partition coefficient (Wildman–Crippen LogP) is 3.03. The third kappa shape index (κ3) is 3.42. The lowest BCUT2D eigenvalue weighted by atomic mass is 10.1. The zero-order valence-corrected chi connectivity index (χ0v) is 14.3. The maximum Gasteiger partial charge on any atom is 0.276 e. The van der Waals surface area contributed by atoms with Crippen LogP contribution in [0.4, 0.5) is 5.69 Å². The van der Waals surface area contributed by atoms with Crippen LogP contribution in [0.1, 0.15) is 33.6 Å². The molecule has 130 valence electrons. The summed E-state index contributed by atoms with van der Waals surface area (Å²) in [7, 11) is 0. The van der Waals surface area contributed by atoms with Gasteiger partial charge >= 0.3 is 0 Å². The summed E-state index contributed by atoms with van der Waals surface area (Å²) in [5.74, 6) is -0.315. The highest BCUT2D eigenvalue weighted by molar-refractivity contribution is 6.02. The molecule has 0 fully saturated rings. The first kappa shape index (κ1) is 16.3. The molecule has 26 heavy (non-hydrogen) atoms. The van der Waals surface area contributed by atoms with Crippen LogP contribution in [-0.2, 0) is 19.4 Å². The van der Waals surface area contributed by atoms with E-state index in [2.05, 4.69) is 16.5 Å². The van der Waals surface area contributed by atoms with E-state index in [0.717, 1.165) is 24.1 Å². The number of benzene rings is 2. The van der Waals surface area contributed by atoms with E-state index in [9.17, 15) is 9.59 Å². The van der Waals surface area contributed by atoms with Crippen LogP contribution in [0, 0.1) is 0 Å². The lowest BCUT2D eigenvalue weighted by Gasteiger charge is -2.09. The number of aryl methyl sites for hydroxylation is 2. The molecule has 0 saturated heterocycles. The van der Waals surface area contributed by atoms with Crippen LogP contribution in [0.15, 0.2) is 65.5 Å². The van der Waals surface area contributed by atoms with Gasteiger partial charge in [0.25, 0.3) is 11.5 Å². The normalized spacial score (nSPS) is 12.6. The fourth-order valence-electron chi connectivity index (χ4n) is 3.28. The van der Waals surface area contributed by atoms with E-state index >= 15 is 0 Å². The first-order valence-electron chi connectivity index (χ1n) is 8.74. The lowest BCUT2D eigenvalue weighted by Crippen LogP contribution is -2.26. The van der Waals surface area contributed by atoms with Gasteiger partial charge in [0.1, 0.15) is 5.69 Å². The molecule has 1 heterocycles. The molecule has 0 aliphatic heterocycles. The first-order chi connectivity index (χ1) is 12.7. The molecule has 5 nitrogen and oxygen atoms in total. The Morgan fingerprint density at radius 1 is 1.00 bits per heavy atom. The molecule has 2 aromatic carbocycles. The Morgan fingerprint density at radius 2 is 1.81 bits per heavy atom. The van der Waals surface area contributed by atoms with Gasteiger partial charge in [0.2, 0.25) is 0 Å². The van der Waals surface area contributed by atoms with Gasteiger partial charge in [-0.3, -0.25) is 9.59 Å². The van der Waals surface area contributed by atoms with Gasteiger partial charge in [-0.15, -0.1) is 0 Å². The average molecular weight is 345 g/mol. The Balaban J connectivity index is 1.54. The fourth-order valence-corrected chi connectivity index (χ4v) is 3.28. The number of nitrogens with zero attached hydrogens (tertiary/aromatic N) is 2. The number of hydrogen-bond acceptors (Lipinski definition) is 3.